The molecule has 3 rings (SSSR count). The molecule has 0 bridgehead atoms. The quantitative estimate of drug-likeness (QED) is 0.939. The van der Waals surface area contributed by atoms with Crippen molar-refractivity contribution < 1.29 is 19.3 Å². The Balaban J connectivity index is 1.79. The molecule has 1 aliphatic carbocycles. The molecular formula is C17H18O4. The molecule has 0 saturated heterocycles. The monoisotopic (exact) mass is 286 g/mol. The lowest BCUT2D eigenvalue weighted by Crippen LogP contribution is -2.21. The van der Waals surface area contributed by atoms with Crippen LogP contribution in [0.3, 0.4) is 0 Å². The average Bonchev–Trinajstić information content (AvgIpc) is 2.83. The number of hydrogen-bond donors (Lipinski definition) is 1. The Hall–Kier alpha value is -2.20. The fourth-order valence-corrected chi connectivity index (χ4v) is 2.65. The summed E-state index contributed by atoms with van der Waals surface area (Å²) in [6.07, 6.45) is -0.266. The normalized spacial score (nSPS) is 20.0. The van der Waals surface area contributed by atoms with E-state index in [9.17, 15) is 5.11 Å². The molecule has 0 radical (unpaired) electrons. The molecule has 110 valence electrons. The Bertz CT molecular complexity index is 638. The molecule has 1 aliphatic rings. The average molecular weight is 286 g/mol. The highest BCUT2D eigenvalue weighted by atomic mass is 16.5. The van der Waals surface area contributed by atoms with Crippen LogP contribution >= 0.6 is 0 Å². The zero-order chi connectivity index (χ0) is 14.8. The highest BCUT2D eigenvalue weighted by Gasteiger charge is 2.33. The Morgan fingerprint density at radius 3 is 2.43 bits per heavy atom. The van der Waals surface area contributed by atoms with Gasteiger partial charge >= 0.3 is 0 Å². The lowest BCUT2D eigenvalue weighted by molar-refractivity contribution is 0.0492. The molecule has 4 heteroatoms. The predicted octanol–water partition coefficient (Wildman–Crippen LogP) is 2.74. The van der Waals surface area contributed by atoms with Crippen LogP contribution in [0.2, 0.25) is 0 Å². The SMILES string of the molecule is COc1cccc(OC2Cc3ccc(OC)cc3C2O)c1. The summed E-state index contributed by atoms with van der Waals surface area (Å²) in [4.78, 5) is 0. The lowest BCUT2D eigenvalue weighted by atomic mass is 10.1. The van der Waals surface area contributed by atoms with Crippen molar-refractivity contribution in [2.75, 3.05) is 14.2 Å². The number of hydrogen-bond acceptors (Lipinski definition) is 4. The second-order valence-electron chi connectivity index (χ2n) is 5.05. The van der Waals surface area contributed by atoms with Crippen LogP contribution in [0, 0.1) is 0 Å². The Morgan fingerprint density at radius 1 is 0.952 bits per heavy atom. The second kappa shape index (κ2) is 5.66. The third kappa shape index (κ3) is 2.67. The Labute approximate surface area is 123 Å². The third-order valence-electron chi connectivity index (χ3n) is 3.77. The van der Waals surface area contributed by atoms with E-state index in [2.05, 4.69) is 0 Å². The number of aliphatic hydroxyl groups excluding tert-OH is 1. The van der Waals surface area contributed by atoms with Gasteiger partial charge in [0, 0.05) is 12.5 Å². The maximum atomic E-state index is 10.4. The summed E-state index contributed by atoms with van der Waals surface area (Å²) in [6.45, 7) is 0. The van der Waals surface area contributed by atoms with E-state index in [1.54, 1.807) is 14.2 Å². The number of methoxy groups -OCH3 is 2. The number of fused-ring (bicyclic) bond motifs is 1. The van der Waals surface area contributed by atoms with Crippen LogP contribution in [0.1, 0.15) is 17.2 Å². The number of benzene rings is 2. The highest BCUT2D eigenvalue weighted by molar-refractivity contribution is 5.42. The third-order valence-corrected chi connectivity index (χ3v) is 3.77. The summed E-state index contributed by atoms with van der Waals surface area (Å²) in [5.41, 5.74) is 1.97. The van der Waals surface area contributed by atoms with Crippen LogP contribution in [-0.2, 0) is 6.42 Å². The molecule has 0 spiro atoms. The van der Waals surface area contributed by atoms with Crippen molar-refractivity contribution in [1.82, 2.24) is 0 Å². The van der Waals surface area contributed by atoms with E-state index in [0.717, 1.165) is 22.6 Å². The van der Waals surface area contributed by atoms with Crippen molar-refractivity contribution >= 4 is 0 Å². The van der Waals surface area contributed by atoms with Gasteiger partial charge in [-0.2, -0.15) is 0 Å². The van der Waals surface area contributed by atoms with E-state index in [0.29, 0.717) is 12.2 Å². The second-order valence-corrected chi connectivity index (χ2v) is 5.05. The fourth-order valence-electron chi connectivity index (χ4n) is 2.65. The number of rotatable bonds is 4. The van der Waals surface area contributed by atoms with Gasteiger partial charge in [-0.15, -0.1) is 0 Å². The summed E-state index contributed by atoms with van der Waals surface area (Å²) in [5, 5.41) is 10.4. The molecule has 0 saturated carbocycles. The van der Waals surface area contributed by atoms with Gasteiger partial charge in [0.1, 0.15) is 29.5 Å². The Kier molecular flexibility index (Phi) is 3.71. The number of aliphatic hydroxyl groups is 1. The molecule has 2 atom stereocenters. The van der Waals surface area contributed by atoms with Crippen LogP contribution < -0.4 is 14.2 Å². The molecule has 4 nitrogen and oxygen atoms in total. The largest absolute Gasteiger partial charge is 0.497 e. The van der Waals surface area contributed by atoms with Gasteiger partial charge in [0.15, 0.2) is 0 Å². The Morgan fingerprint density at radius 2 is 1.67 bits per heavy atom. The highest BCUT2D eigenvalue weighted by Crippen LogP contribution is 2.36. The van der Waals surface area contributed by atoms with Crippen molar-refractivity contribution in [3.8, 4) is 17.2 Å². The lowest BCUT2D eigenvalue weighted by Gasteiger charge is -2.18. The van der Waals surface area contributed by atoms with Gasteiger partial charge in [-0.05, 0) is 35.4 Å². The first-order valence-corrected chi connectivity index (χ1v) is 6.87. The molecule has 0 aliphatic heterocycles. The first-order valence-electron chi connectivity index (χ1n) is 6.87. The summed E-state index contributed by atoms with van der Waals surface area (Å²) < 4.78 is 16.3. The molecular weight excluding hydrogens is 268 g/mol. The van der Waals surface area contributed by atoms with E-state index in [-0.39, 0.29) is 6.10 Å². The molecule has 2 aromatic rings. The standard InChI is InChI=1S/C17H18O4/c1-19-12-4-3-5-14(9-12)21-16-8-11-6-7-13(20-2)10-15(11)17(16)18/h3-7,9-10,16-18H,8H2,1-2H3. The summed E-state index contributed by atoms with van der Waals surface area (Å²) in [5.74, 6) is 2.17. The molecule has 0 amide bonds. The van der Waals surface area contributed by atoms with Crippen molar-refractivity contribution in [1.29, 1.82) is 0 Å². The van der Waals surface area contributed by atoms with Crippen LogP contribution in [0.4, 0.5) is 0 Å². The van der Waals surface area contributed by atoms with Crippen molar-refractivity contribution in [3.05, 3.63) is 53.6 Å². The fraction of sp³-hybridized carbons (Fsp3) is 0.294. The predicted molar refractivity (Wildman–Crippen MR) is 79.1 cm³/mol. The molecule has 0 fully saturated rings. The van der Waals surface area contributed by atoms with Gasteiger partial charge in [-0.3, -0.25) is 0 Å². The smallest absolute Gasteiger partial charge is 0.133 e. The van der Waals surface area contributed by atoms with Crippen molar-refractivity contribution in [3.63, 3.8) is 0 Å². The van der Waals surface area contributed by atoms with E-state index < -0.39 is 6.10 Å². The van der Waals surface area contributed by atoms with Crippen molar-refractivity contribution in [2.24, 2.45) is 0 Å². The van der Waals surface area contributed by atoms with Crippen LogP contribution in [0.5, 0.6) is 17.2 Å². The minimum Gasteiger partial charge on any atom is -0.497 e. The van der Waals surface area contributed by atoms with E-state index in [4.69, 9.17) is 14.2 Å². The number of ether oxygens (including phenoxy) is 3. The topological polar surface area (TPSA) is 47.9 Å². The molecule has 21 heavy (non-hydrogen) atoms. The van der Waals surface area contributed by atoms with Gasteiger partial charge in [0.05, 0.1) is 14.2 Å². The molecule has 2 unspecified atom stereocenters. The van der Waals surface area contributed by atoms with E-state index in [1.807, 2.05) is 42.5 Å². The molecule has 0 aromatic heterocycles. The first-order chi connectivity index (χ1) is 10.2. The summed E-state index contributed by atoms with van der Waals surface area (Å²) >= 11 is 0. The summed E-state index contributed by atoms with van der Waals surface area (Å²) in [6, 6.07) is 13.2. The van der Waals surface area contributed by atoms with Gasteiger partial charge in [0.25, 0.3) is 0 Å². The van der Waals surface area contributed by atoms with Crippen LogP contribution in [0.25, 0.3) is 0 Å². The molecule has 0 heterocycles. The van der Waals surface area contributed by atoms with Crippen LogP contribution in [-0.4, -0.2) is 25.4 Å². The first kappa shape index (κ1) is 13.8. The zero-order valence-corrected chi connectivity index (χ0v) is 12.1. The van der Waals surface area contributed by atoms with Gasteiger partial charge in [-0.25, -0.2) is 0 Å². The molecule has 1 N–H and O–H groups in total. The van der Waals surface area contributed by atoms with Crippen molar-refractivity contribution in [2.45, 2.75) is 18.6 Å². The summed E-state index contributed by atoms with van der Waals surface area (Å²) in [7, 11) is 3.24. The minimum atomic E-state index is -0.652. The zero-order valence-electron chi connectivity index (χ0n) is 12.1. The van der Waals surface area contributed by atoms with Gasteiger partial charge < -0.3 is 19.3 Å². The maximum absolute atomic E-state index is 10.4. The van der Waals surface area contributed by atoms with E-state index >= 15 is 0 Å². The maximum Gasteiger partial charge on any atom is 0.133 e. The van der Waals surface area contributed by atoms with Gasteiger partial charge in [0.2, 0.25) is 0 Å². The van der Waals surface area contributed by atoms with E-state index in [1.165, 1.54) is 0 Å². The minimum absolute atomic E-state index is 0.292. The van der Waals surface area contributed by atoms with Crippen LogP contribution in [0.15, 0.2) is 42.5 Å². The molecule has 2 aromatic carbocycles. The van der Waals surface area contributed by atoms with Gasteiger partial charge in [-0.1, -0.05) is 12.1 Å².